The molecular formula is C18H19N5O4. The molecule has 9 nitrogen and oxygen atoms in total. The third-order valence-electron chi connectivity index (χ3n) is 4.35. The molecule has 0 aliphatic rings. The van der Waals surface area contributed by atoms with Crippen molar-refractivity contribution in [2.45, 2.75) is 25.4 Å². The van der Waals surface area contributed by atoms with Crippen LogP contribution in [0.3, 0.4) is 0 Å². The first kappa shape index (κ1) is 18.5. The van der Waals surface area contributed by atoms with Crippen molar-refractivity contribution < 1.29 is 14.9 Å². The molecule has 0 bridgehead atoms. The van der Waals surface area contributed by atoms with E-state index in [0.29, 0.717) is 19.4 Å². The Balaban J connectivity index is 1.88. The van der Waals surface area contributed by atoms with Crippen molar-refractivity contribution in [3.63, 3.8) is 0 Å². The molecule has 0 radical (unpaired) electrons. The summed E-state index contributed by atoms with van der Waals surface area (Å²) in [6.45, 7) is 0.481. The van der Waals surface area contributed by atoms with Crippen molar-refractivity contribution >= 4 is 22.6 Å². The Kier molecular flexibility index (Phi) is 5.43. The highest BCUT2D eigenvalue weighted by atomic mass is 16.6. The number of hydroxylamine groups is 1. The number of carbonyl (C=O) groups is 1. The quantitative estimate of drug-likeness (QED) is 0.330. The van der Waals surface area contributed by atoms with Gasteiger partial charge in [-0.15, -0.1) is 0 Å². The number of carbonyl (C=O) groups excluding carboxylic acids is 1. The smallest absolute Gasteiger partial charge is 0.269 e. The number of imidazole rings is 1. The maximum Gasteiger partial charge on any atom is 0.269 e. The monoisotopic (exact) mass is 369 g/mol. The largest absolute Gasteiger partial charge is 0.323 e. The van der Waals surface area contributed by atoms with Gasteiger partial charge in [-0.05, 0) is 24.1 Å². The summed E-state index contributed by atoms with van der Waals surface area (Å²) < 4.78 is 2.00. The van der Waals surface area contributed by atoms with Gasteiger partial charge < -0.3 is 10.3 Å². The number of aryl methyl sites for hydroxylation is 1. The van der Waals surface area contributed by atoms with E-state index in [2.05, 4.69) is 4.98 Å². The van der Waals surface area contributed by atoms with Crippen LogP contribution in [0, 0.1) is 10.1 Å². The maximum atomic E-state index is 11.4. The lowest BCUT2D eigenvalue weighted by molar-refractivity contribution is -0.384. The predicted octanol–water partition coefficient (Wildman–Crippen LogP) is 1.76. The van der Waals surface area contributed by atoms with Gasteiger partial charge in [-0.1, -0.05) is 24.3 Å². The van der Waals surface area contributed by atoms with E-state index < -0.39 is 16.9 Å². The average Bonchev–Trinajstić information content (AvgIpc) is 3.03. The second-order valence-corrected chi connectivity index (χ2v) is 6.15. The van der Waals surface area contributed by atoms with Gasteiger partial charge in [0.25, 0.3) is 11.6 Å². The number of hydrogen-bond donors (Lipinski definition) is 3. The third-order valence-corrected chi connectivity index (χ3v) is 4.35. The molecule has 1 aromatic heterocycles. The topological polar surface area (TPSA) is 136 Å². The number of para-hydroxylation sites is 2. The first-order valence-electron chi connectivity index (χ1n) is 8.36. The molecule has 4 N–H and O–H groups in total. The zero-order valence-electron chi connectivity index (χ0n) is 14.4. The molecule has 1 atom stereocenters. The van der Waals surface area contributed by atoms with Crippen LogP contribution in [0.1, 0.15) is 17.8 Å². The molecule has 27 heavy (non-hydrogen) atoms. The SMILES string of the molecule is N[C@@H](CCc1nc2ccccc2n1Cc1ccc([N+](=O)[O-])cc1)C(=O)NO. The van der Waals surface area contributed by atoms with Gasteiger partial charge in [0.15, 0.2) is 0 Å². The number of rotatable bonds is 7. The Morgan fingerprint density at radius 3 is 2.63 bits per heavy atom. The molecule has 0 aliphatic heterocycles. The van der Waals surface area contributed by atoms with Gasteiger partial charge >= 0.3 is 0 Å². The number of nitro benzene ring substituents is 1. The van der Waals surface area contributed by atoms with Crippen LogP contribution in [0.25, 0.3) is 11.0 Å². The number of nitro groups is 1. The molecule has 3 aromatic rings. The molecule has 0 fully saturated rings. The van der Waals surface area contributed by atoms with E-state index in [4.69, 9.17) is 10.9 Å². The summed E-state index contributed by atoms with van der Waals surface area (Å²) in [5.41, 5.74) is 9.96. The highest BCUT2D eigenvalue weighted by Crippen LogP contribution is 2.20. The standard InChI is InChI=1S/C18H19N5O4/c19-14(18(24)21-25)9-10-17-20-15-3-1-2-4-16(15)22(17)11-12-5-7-13(8-6-12)23(26)27/h1-8,14,25H,9-11,19H2,(H,21,24)/t14-/m0/s1. The van der Waals surface area contributed by atoms with Gasteiger partial charge in [0.1, 0.15) is 5.82 Å². The van der Waals surface area contributed by atoms with E-state index in [0.717, 1.165) is 22.4 Å². The van der Waals surface area contributed by atoms with Gasteiger partial charge in [0.05, 0.1) is 22.0 Å². The number of benzene rings is 2. The second-order valence-electron chi connectivity index (χ2n) is 6.15. The molecule has 140 valence electrons. The van der Waals surface area contributed by atoms with Crippen molar-refractivity contribution in [2.75, 3.05) is 0 Å². The predicted molar refractivity (Wildman–Crippen MR) is 98.2 cm³/mol. The Labute approximate surface area is 154 Å². The van der Waals surface area contributed by atoms with Gasteiger partial charge in [0.2, 0.25) is 0 Å². The maximum absolute atomic E-state index is 11.4. The van der Waals surface area contributed by atoms with Crippen LogP contribution in [0.2, 0.25) is 0 Å². The zero-order valence-corrected chi connectivity index (χ0v) is 14.4. The summed E-state index contributed by atoms with van der Waals surface area (Å²) in [4.78, 5) is 26.4. The Morgan fingerprint density at radius 2 is 1.96 bits per heavy atom. The van der Waals surface area contributed by atoms with Crippen molar-refractivity contribution in [1.82, 2.24) is 15.0 Å². The summed E-state index contributed by atoms with van der Waals surface area (Å²) in [5.74, 6) is 0.101. The van der Waals surface area contributed by atoms with Crippen LogP contribution >= 0.6 is 0 Å². The highest BCUT2D eigenvalue weighted by molar-refractivity contribution is 5.80. The summed E-state index contributed by atoms with van der Waals surface area (Å²) in [5, 5.41) is 19.5. The molecule has 0 aliphatic carbocycles. The lowest BCUT2D eigenvalue weighted by atomic mass is 10.1. The molecule has 1 amide bonds. The van der Waals surface area contributed by atoms with Crippen LogP contribution in [0.4, 0.5) is 5.69 Å². The second kappa shape index (κ2) is 7.94. The summed E-state index contributed by atoms with van der Waals surface area (Å²) in [7, 11) is 0. The number of hydrogen-bond acceptors (Lipinski definition) is 6. The van der Waals surface area contributed by atoms with Gasteiger partial charge in [0, 0.05) is 25.1 Å². The van der Waals surface area contributed by atoms with Crippen LogP contribution in [-0.2, 0) is 17.8 Å². The molecule has 1 heterocycles. The van der Waals surface area contributed by atoms with Crippen molar-refractivity contribution in [2.24, 2.45) is 5.73 Å². The van der Waals surface area contributed by atoms with E-state index in [-0.39, 0.29) is 5.69 Å². The molecule has 2 aromatic carbocycles. The highest BCUT2D eigenvalue weighted by Gasteiger charge is 2.16. The zero-order chi connectivity index (χ0) is 19.4. The Morgan fingerprint density at radius 1 is 1.26 bits per heavy atom. The number of nitrogens with one attached hydrogen (secondary N) is 1. The van der Waals surface area contributed by atoms with Gasteiger partial charge in [-0.3, -0.25) is 20.1 Å². The number of nitrogens with two attached hydrogens (primary N) is 1. The molecular weight excluding hydrogens is 350 g/mol. The number of aromatic nitrogens is 2. The molecule has 9 heteroatoms. The Hall–Kier alpha value is -3.30. The first-order chi connectivity index (χ1) is 13.0. The molecule has 0 unspecified atom stereocenters. The Bertz CT molecular complexity index is 968. The first-order valence-corrected chi connectivity index (χ1v) is 8.36. The number of nitrogens with zero attached hydrogens (tertiary/aromatic N) is 3. The van der Waals surface area contributed by atoms with Crippen molar-refractivity contribution in [3.05, 3.63) is 70.0 Å². The van der Waals surface area contributed by atoms with Crippen LogP contribution in [0.5, 0.6) is 0 Å². The lowest BCUT2D eigenvalue weighted by Crippen LogP contribution is -2.39. The summed E-state index contributed by atoms with van der Waals surface area (Å²) in [6.07, 6.45) is 0.756. The fraction of sp³-hybridized carbons (Fsp3) is 0.222. The van der Waals surface area contributed by atoms with E-state index >= 15 is 0 Å². The van der Waals surface area contributed by atoms with Gasteiger partial charge in [-0.2, -0.15) is 0 Å². The van der Waals surface area contributed by atoms with Crippen molar-refractivity contribution in [1.29, 1.82) is 0 Å². The minimum Gasteiger partial charge on any atom is -0.323 e. The summed E-state index contributed by atoms with van der Waals surface area (Å²) >= 11 is 0. The minimum absolute atomic E-state index is 0.0375. The number of amides is 1. The summed E-state index contributed by atoms with van der Waals surface area (Å²) in [6, 6.07) is 13.1. The van der Waals surface area contributed by atoms with Crippen LogP contribution < -0.4 is 11.2 Å². The van der Waals surface area contributed by atoms with E-state index in [1.165, 1.54) is 12.1 Å². The average molecular weight is 369 g/mol. The molecule has 3 rings (SSSR count). The van der Waals surface area contributed by atoms with E-state index in [9.17, 15) is 14.9 Å². The molecule has 0 spiro atoms. The fourth-order valence-corrected chi connectivity index (χ4v) is 2.90. The molecule has 0 saturated carbocycles. The lowest BCUT2D eigenvalue weighted by Gasteiger charge is -2.12. The van der Waals surface area contributed by atoms with Crippen LogP contribution in [0.15, 0.2) is 48.5 Å². The van der Waals surface area contributed by atoms with Crippen LogP contribution in [-0.4, -0.2) is 31.6 Å². The number of non-ortho nitro benzene ring substituents is 1. The van der Waals surface area contributed by atoms with E-state index in [1.807, 2.05) is 28.8 Å². The fourth-order valence-electron chi connectivity index (χ4n) is 2.90. The third kappa shape index (κ3) is 4.10. The van der Waals surface area contributed by atoms with E-state index in [1.54, 1.807) is 17.6 Å². The number of fused-ring (bicyclic) bond motifs is 1. The normalized spacial score (nSPS) is 12.1. The van der Waals surface area contributed by atoms with Gasteiger partial charge in [-0.25, -0.2) is 10.5 Å². The minimum atomic E-state index is -0.845. The molecule has 0 saturated heterocycles. The van der Waals surface area contributed by atoms with Crippen molar-refractivity contribution in [3.8, 4) is 0 Å².